The summed E-state index contributed by atoms with van der Waals surface area (Å²) in [4.78, 5) is 23.4. The molecule has 1 aromatic carbocycles. The Kier molecular flexibility index (Phi) is 6.09. The lowest BCUT2D eigenvalue weighted by Gasteiger charge is -2.22. The zero-order valence-corrected chi connectivity index (χ0v) is 16.8. The summed E-state index contributed by atoms with van der Waals surface area (Å²) in [6, 6.07) is 9.80. The molecule has 2 aromatic heterocycles. The van der Waals surface area contributed by atoms with Gasteiger partial charge < -0.3 is 14.6 Å². The van der Waals surface area contributed by atoms with Crippen LogP contribution >= 0.6 is 0 Å². The maximum Gasteiger partial charge on any atom is 0.230 e. The number of hydrogen-bond donors (Lipinski definition) is 1. The Balaban J connectivity index is 1.70. The topological polar surface area (TPSA) is 71.3 Å². The molecule has 2 heterocycles. The lowest BCUT2D eigenvalue weighted by Crippen LogP contribution is -2.22. The summed E-state index contributed by atoms with van der Waals surface area (Å²) in [5, 5.41) is 2.99. The average molecular weight is 378 g/mol. The summed E-state index contributed by atoms with van der Waals surface area (Å²) in [6.45, 7) is 9.99. The van der Waals surface area contributed by atoms with Crippen molar-refractivity contribution in [2.75, 3.05) is 23.3 Å². The number of aromatic nitrogens is 2. The van der Waals surface area contributed by atoms with E-state index in [9.17, 15) is 4.79 Å². The fourth-order valence-electron chi connectivity index (χ4n) is 3.12. The zero-order valence-electron chi connectivity index (χ0n) is 16.8. The van der Waals surface area contributed by atoms with E-state index in [0.717, 1.165) is 35.6 Å². The van der Waals surface area contributed by atoms with E-state index in [1.54, 1.807) is 12.4 Å². The third-order valence-corrected chi connectivity index (χ3v) is 4.74. The van der Waals surface area contributed by atoms with Crippen LogP contribution < -0.4 is 10.2 Å². The summed E-state index contributed by atoms with van der Waals surface area (Å²) in [5.41, 5.74) is 4.43. The Morgan fingerprint density at radius 1 is 1.18 bits per heavy atom. The van der Waals surface area contributed by atoms with Crippen LogP contribution in [0.1, 0.15) is 30.9 Å². The maximum atomic E-state index is 12.5. The molecule has 0 aliphatic carbocycles. The van der Waals surface area contributed by atoms with Crippen LogP contribution in [0, 0.1) is 13.8 Å². The second-order valence-electron chi connectivity index (χ2n) is 6.66. The van der Waals surface area contributed by atoms with Gasteiger partial charge in [-0.25, -0.2) is 4.98 Å². The van der Waals surface area contributed by atoms with Crippen LogP contribution in [0.4, 0.5) is 11.4 Å². The van der Waals surface area contributed by atoms with Gasteiger partial charge in [-0.1, -0.05) is 0 Å². The summed E-state index contributed by atoms with van der Waals surface area (Å²) in [7, 11) is 0. The number of amides is 1. The number of nitrogens with one attached hydrogen (secondary N) is 1. The first kappa shape index (κ1) is 19.6. The minimum absolute atomic E-state index is 0.118. The molecule has 0 spiro atoms. The molecule has 1 N–H and O–H groups in total. The second kappa shape index (κ2) is 8.69. The van der Waals surface area contributed by atoms with Crippen molar-refractivity contribution in [1.82, 2.24) is 9.97 Å². The van der Waals surface area contributed by atoms with Gasteiger partial charge in [-0.05, 0) is 63.6 Å². The van der Waals surface area contributed by atoms with Crippen LogP contribution in [0.3, 0.4) is 0 Å². The lowest BCUT2D eigenvalue weighted by molar-refractivity contribution is -0.115. The van der Waals surface area contributed by atoms with Gasteiger partial charge in [0.25, 0.3) is 0 Å². The highest BCUT2D eigenvalue weighted by Gasteiger charge is 2.16. The molecule has 0 atom stereocenters. The molecule has 0 bridgehead atoms. The molecular formula is C22H26N4O2. The van der Waals surface area contributed by atoms with Crippen molar-refractivity contribution in [2.45, 2.75) is 34.1 Å². The molecule has 146 valence electrons. The first-order valence-corrected chi connectivity index (χ1v) is 9.54. The summed E-state index contributed by atoms with van der Waals surface area (Å²) in [5.74, 6) is 1.00. The van der Waals surface area contributed by atoms with Crippen molar-refractivity contribution in [1.29, 1.82) is 0 Å². The Labute approximate surface area is 165 Å². The quantitative estimate of drug-likeness (QED) is 0.660. The zero-order chi connectivity index (χ0) is 20.1. The van der Waals surface area contributed by atoms with E-state index in [1.165, 1.54) is 0 Å². The Morgan fingerprint density at radius 2 is 1.96 bits per heavy atom. The fourth-order valence-corrected chi connectivity index (χ4v) is 3.12. The van der Waals surface area contributed by atoms with E-state index in [0.29, 0.717) is 17.3 Å². The van der Waals surface area contributed by atoms with Gasteiger partial charge in [0.05, 0.1) is 17.7 Å². The van der Waals surface area contributed by atoms with Crippen LogP contribution in [0.25, 0.3) is 11.5 Å². The van der Waals surface area contributed by atoms with Crippen LogP contribution in [0.5, 0.6) is 0 Å². The third kappa shape index (κ3) is 4.39. The predicted molar refractivity (Wildman–Crippen MR) is 112 cm³/mol. The van der Waals surface area contributed by atoms with Crippen molar-refractivity contribution >= 4 is 17.3 Å². The summed E-state index contributed by atoms with van der Waals surface area (Å²) in [6.07, 6.45) is 3.55. The van der Waals surface area contributed by atoms with Crippen molar-refractivity contribution in [3.8, 4) is 11.5 Å². The third-order valence-electron chi connectivity index (χ3n) is 4.74. The van der Waals surface area contributed by atoms with Gasteiger partial charge in [-0.15, -0.1) is 0 Å². The minimum Gasteiger partial charge on any atom is -0.441 e. The number of oxazole rings is 1. The van der Waals surface area contributed by atoms with Gasteiger partial charge in [-0.3, -0.25) is 9.78 Å². The van der Waals surface area contributed by atoms with Crippen molar-refractivity contribution < 1.29 is 9.21 Å². The van der Waals surface area contributed by atoms with Crippen molar-refractivity contribution in [3.05, 3.63) is 59.7 Å². The first-order valence-electron chi connectivity index (χ1n) is 9.54. The molecule has 0 saturated heterocycles. The summed E-state index contributed by atoms with van der Waals surface area (Å²) < 4.78 is 5.71. The van der Waals surface area contributed by atoms with Gasteiger partial charge in [0.1, 0.15) is 5.76 Å². The number of anilines is 2. The van der Waals surface area contributed by atoms with Crippen LogP contribution in [-0.2, 0) is 11.2 Å². The largest absolute Gasteiger partial charge is 0.441 e. The average Bonchev–Trinajstić information content (AvgIpc) is 3.06. The molecule has 0 aliphatic rings. The van der Waals surface area contributed by atoms with E-state index in [2.05, 4.69) is 40.1 Å². The first-order chi connectivity index (χ1) is 13.5. The molecule has 6 nitrogen and oxygen atoms in total. The Morgan fingerprint density at radius 3 is 2.61 bits per heavy atom. The number of benzene rings is 1. The molecule has 0 fully saturated rings. The molecule has 0 radical (unpaired) electrons. The van der Waals surface area contributed by atoms with Crippen LogP contribution in [0.2, 0.25) is 0 Å². The van der Waals surface area contributed by atoms with Gasteiger partial charge >= 0.3 is 0 Å². The number of aryl methyl sites for hydroxylation is 2. The fraction of sp³-hybridized carbons (Fsp3) is 0.318. The van der Waals surface area contributed by atoms with Crippen molar-refractivity contribution in [3.63, 3.8) is 0 Å². The predicted octanol–water partition coefficient (Wildman–Crippen LogP) is 4.38. The van der Waals surface area contributed by atoms with E-state index < -0.39 is 0 Å². The molecular weight excluding hydrogens is 352 g/mol. The van der Waals surface area contributed by atoms with Crippen molar-refractivity contribution in [2.24, 2.45) is 0 Å². The highest BCUT2D eigenvalue weighted by molar-refractivity contribution is 5.93. The van der Waals surface area contributed by atoms with Gasteiger partial charge in [-0.2, -0.15) is 0 Å². The number of pyridine rings is 1. The second-order valence-corrected chi connectivity index (χ2v) is 6.66. The molecule has 28 heavy (non-hydrogen) atoms. The number of nitrogens with zero attached hydrogens (tertiary/aromatic N) is 3. The molecule has 1 amide bonds. The molecule has 6 heteroatoms. The van der Waals surface area contributed by atoms with Crippen LogP contribution in [-0.4, -0.2) is 29.0 Å². The monoisotopic (exact) mass is 378 g/mol. The van der Waals surface area contributed by atoms with E-state index >= 15 is 0 Å². The van der Waals surface area contributed by atoms with E-state index in [1.807, 2.05) is 38.1 Å². The van der Waals surface area contributed by atoms with E-state index in [-0.39, 0.29) is 12.3 Å². The highest BCUT2D eigenvalue weighted by Crippen LogP contribution is 2.24. The lowest BCUT2D eigenvalue weighted by atomic mass is 10.1. The molecule has 0 unspecified atom stereocenters. The smallest absolute Gasteiger partial charge is 0.230 e. The number of carbonyl (C=O) groups excluding carboxylic acids is 1. The minimum atomic E-state index is -0.118. The number of hydrogen-bond acceptors (Lipinski definition) is 5. The molecule has 0 aliphatic heterocycles. The molecule has 3 aromatic rings. The Bertz CT molecular complexity index is 946. The number of rotatable bonds is 7. The Hall–Kier alpha value is -3.15. The highest BCUT2D eigenvalue weighted by atomic mass is 16.4. The van der Waals surface area contributed by atoms with Crippen LogP contribution in [0.15, 0.2) is 47.1 Å². The van der Waals surface area contributed by atoms with Gasteiger partial charge in [0.2, 0.25) is 11.8 Å². The molecule has 0 saturated carbocycles. The van der Waals surface area contributed by atoms with Gasteiger partial charge in [0, 0.05) is 36.9 Å². The van der Waals surface area contributed by atoms with E-state index in [4.69, 9.17) is 4.42 Å². The standard InChI is InChI=1S/C22H26N4O2/c1-5-26(6-2)18-9-10-19(15(3)12-18)24-21(27)13-20-16(4)28-22(25-20)17-8-7-11-23-14-17/h7-12,14H,5-6,13H2,1-4H3,(H,24,27). The number of carbonyl (C=O) groups is 1. The molecule has 3 rings (SSSR count). The normalized spacial score (nSPS) is 10.7. The maximum absolute atomic E-state index is 12.5. The van der Waals surface area contributed by atoms with Gasteiger partial charge in [0.15, 0.2) is 0 Å². The SMILES string of the molecule is CCN(CC)c1ccc(NC(=O)Cc2nc(-c3cccnc3)oc2C)c(C)c1. The summed E-state index contributed by atoms with van der Waals surface area (Å²) >= 11 is 0.